The van der Waals surface area contributed by atoms with Crippen LogP contribution in [0.1, 0.15) is 32.6 Å². The second-order valence-corrected chi connectivity index (χ2v) is 5.72. The quantitative estimate of drug-likeness (QED) is 0.805. The number of carbonyl (C=O) groups excluding carboxylic acids is 1. The summed E-state index contributed by atoms with van der Waals surface area (Å²) in [5.41, 5.74) is 6.10. The van der Waals surface area contributed by atoms with Gasteiger partial charge in [0, 0.05) is 25.8 Å². The second-order valence-electron chi connectivity index (χ2n) is 5.72. The van der Waals surface area contributed by atoms with Gasteiger partial charge in [0.1, 0.15) is 0 Å². The Hall–Kier alpha value is -0.0700. The fourth-order valence-electron chi connectivity index (χ4n) is 3.05. The molecular weight excluding hydrogens is 313 g/mol. The Morgan fingerprint density at radius 2 is 2.00 bits per heavy atom. The van der Waals surface area contributed by atoms with Crippen molar-refractivity contribution in [3.05, 3.63) is 0 Å². The second kappa shape index (κ2) is 10.6. The number of hydrogen-bond acceptors (Lipinski definition) is 4. The van der Waals surface area contributed by atoms with Crippen LogP contribution in [0.5, 0.6) is 0 Å². The number of likely N-dealkylation sites (tertiary alicyclic amines) is 1. The molecular formula is C14H29Cl2N3O2. The SMILES string of the molecule is CCN1CCCC(NC(=O)C(N)C2CCOCC2)C1.Cl.Cl. The Labute approximate surface area is 140 Å². The highest BCUT2D eigenvalue weighted by molar-refractivity contribution is 5.85. The van der Waals surface area contributed by atoms with E-state index in [0.29, 0.717) is 0 Å². The summed E-state index contributed by atoms with van der Waals surface area (Å²) in [6.07, 6.45) is 4.04. The first-order chi connectivity index (χ1) is 9.20. The molecule has 0 radical (unpaired) electrons. The highest BCUT2D eigenvalue weighted by Crippen LogP contribution is 2.18. The summed E-state index contributed by atoms with van der Waals surface area (Å²) in [6, 6.07) is -0.104. The molecule has 3 N–H and O–H groups in total. The van der Waals surface area contributed by atoms with Gasteiger partial charge in [0.2, 0.25) is 5.91 Å². The first-order valence-electron chi connectivity index (χ1n) is 7.56. The summed E-state index contributed by atoms with van der Waals surface area (Å²) >= 11 is 0. The van der Waals surface area contributed by atoms with Gasteiger partial charge >= 0.3 is 0 Å². The van der Waals surface area contributed by atoms with Crippen molar-refractivity contribution < 1.29 is 9.53 Å². The van der Waals surface area contributed by atoms with Gasteiger partial charge in [0.05, 0.1) is 6.04 Å². The van der Waals surface area contributed by atoms with E-state index in [1.54, 1.807) is 0 Å². The molecule has 2 aliphatic heterocycles. The number of carbonyl (C=O) groups is 1. The van der Waals surface area contributed by atoms with Gasteiger partial charge in [-0.25, -0.2) is 0 Å². The van der Waals surface area contributed by atoms with Crippen LogP contribution in [0.25, 0.3) is 0 Å². The molecule has 1 amide bonds. The standard InChI is InChI=1S/C14H27N3O2.2ClH/c1-2-17-7-3-4-12(10-17)16-14(18)13(15)11-5-8-19-9-6-11;;/h11-13H,2-10,15H2,1H3,(H,16,18);2*1H. The van der Waals surface area contributed by atoms with Crippen LogP contribution in [0.4, 0.5) is 0 Å². The summed E-state index contributed by atoms with van der Waals surface area (Å²) in [4.78, 5) is 14.6. The van der Waals surface area contributed by atoms with E-state index in [-0.39, 0.29) is 48.7 Å². The summed E-state index contributed by atoms with van der Waals surface area (Å²) in [5, 5.41) is 3.13. The van der Waals surface area contributed by atoms with Gasteiger partial charge in [-0.05, 0) is 44.7 Å². The molecule has 0 aromatic rings. The molecule has 0 aliphatic carbocycles. The van der Waals surface area contributed by atoms with E-state index < -0.39 is 0 Å². The van der Waals surface area contributed by atoms with Gasteiger partial charge in [0.25, 0.3) is 0 Å². The van der Waals surface area contributed by atoms with E-state index in [9.17, 15) is 4.79 Å². The summed E-state index contributed by atoms with van der Waals surface area (Å²) in [6.45, 7) is 6.80. The number of rotatable bonds is 4. The van der Waals surface area contributed by atoms with E-state index >= 15 is 0 Å². The van der Waals surface area contributed by atoms with Crippen LogP contribution in [0, 0.1) is 5.92 Å². The van der Waals surface area contributed by atoms with Crippen LogP contribution < -0.4 is 11.1 Å². The van der Waals surface area contributed by atoms with Crippen LogP contribution in [0.2, 0.25) is 0 Å². The van der Waals surface area contributed by atoms with Crippen molar-refractivity contribution in [1.82, 2.24) is 10.2 Å². The maximum absolute atomic E-state index is 12.2. The van der Waals surface area contributed by atoms with Crippen LogP contribution in [-0.4, -0.2) is 55.7 Å². The monoisotopic (exact) mass is 341 g/mol. The van der Waals surface area contributed by atoms with Crippen molar-refractivity contribution in [2.75, 3.05) is 32.8 Å². The molecule has 0 aromatic carbocycles. The number of piperidine rings is 1. The van der Waals surface area contributed by atoms with Crippen LogP contribution in [-0.2, 0) is 9.53 Å². The fourth-order valence-corrected chi connectivity index (χ4v) is 3.05. The molecule has 0 spiro atoms. The summed E-state index contributed by atoms with van der Waals surface area (Å²) in [7, 11) is 0. The first-order valence-corrected chi connectivity index (χ1v) is 7.56. The van der Waals surface area contributed by atoms with Gasteiger partial charge in [-0.2, -0.15) is 0 Å². The molecule has 2 atom stereocenters. The zero-order chi connectivity index (χ0) is 13.7. The van der Waals surface area contributed by atoms with Gasteiger partial charge < -0.3 is 20.7 Å². The van der Waals surface area contributed by atoms with Gasteiger partial charge in [0.15, 0.2) is 0 Å². The van der Waals surface area contributed by atoms with E-state index in [1.165, 1.54) is 0 Å². The van der Waals surface area contributed by atoms with Gasteiger partial charge in [-0.1, -0.05) is 6.92 Å². The summed E-state index contributed by atoms with van der Waals surface area (Å²) < 4.78 is 5.31. The third-order valence-corrected chi connectivity index (χ3v) is 4.38. The molecule has 0 saturated carbocycles. The number of nitrogens with two attached hydrogens (primary N) is 1. The van der Waals surface area contributed by atoms with Crippen molar-refractivity contribution in [2.45, 2.75) is 44.7 Å². The molecule has 2 aliphatic rings. The van der Waals surface area contributed by atoms with Crippen molar-refractivity contribution >= 4 is 30.7 Å². The third-order valence-electron chi connectivity index (χ3n) is 4.38. The van der Waals surface area contributed by atoms with Crippen LogP contribution in [0.3, 0.4) is 0 Å². The van der Waals surface area contributed by atoms with Crippen molar-refractivity contribution in [3.8, 4) is 0 Å². The Balaban J connectivity index is 0.00000200. The average molecular weight is 342 g/mol. The summed E-state index contributed by atoms with van der Waals surface area (Å²) in [5.74, 6) is 0.300. The minimum Gasteiger partial charge on any atom is -0.381 e. The number of hydrogen-bond donors (Lipinski definition) is 2. The zero-order valence-corrected chi connectivity index (χ0v) is 14.4. The number of nitrogens with zero attached hydrogens (tertiary/aromatic N) is 1. The number of halogens is 2. The van der Waals surface area contributed by atoms with E-state index in [0.717, 1.165) is 58.5 Å². The minimum absolute atomic E-state index is 0. The van der Waals surface area contributed by atoms with Gasteiger partial charge in [-0.15, -0.1) is 24.8 Å². The Morgan fingerprint density at radius 3 is 2.62 bits per heavy atom. The lowest BCUT2D eigenvalue weighted by atomic mass is 9.91. The lowest BCUT2D eigenvalue weighted by Crippen LogP contribution is -2.54. The van der Waals surface area contributed by atoms with E-state index in [2.05, 4.69) is 17.1 Å². The first kappa shape index (κ1) is 20.9. The molecule has 2 rings (SSSR count). The molecule has 21 heavy (non-hydrogen) atoms. The van der Waals surface area contributed by atoms with Crippen molar-refractivity contribution in [3.63, 3.8) is 0 Å². The lowest BCUT2D eigenvalue weighted by Gasteiger charge is -2.34. The number of ether oxygens (including phenoxy) is 1. The molecule has 0 aromatic heterocycles. The Bertz CT molecular complexity index is 302. The topological polar surface area (TPSA) is 67.6 Å². The van der Waals surface area contributed by atoms with Crippen LogP contribution >= 0.6 is 24.8 Å². The highest BCUT2D eigenvalue weighted by Gasteiger charge is 2.29. The molecule has 0 bridgehead atoms. The average Bonchev–Trinajstić information content (AvgIpc) is 2.47. The number of nitrogens with one attached hydrogen (secondary N) is 1. The molecule has 7 heteroatoms. The van der Waals surface area contributed by atoms with E-state index in [1.807, 2.05) is 0 Å². The van der Waals surface area contributed by atoms with Crippen molar-refractivity contribution in [2.24, 2.45) is 11.7 Å². The molecule has 2 unspecified atom stereocenters. The highest BCUT2D eigenvalue weighted by atomic mass is 35.5. The maximum atomic E-state index is 12.2. The predicted octanol–water partition coefficient (Wildman–Crippen LogP) is 1.18. The Kier molecular flexibility index (Phi) is 10.6. The van der Waals surface area contributed by atoms with Crippen LogP contribution in [0.15, 0.2) is 0 Å². The normalized spacial score (nSPS) is 25.3. The molecule has 126 valence electrons. The Morgan fingerprint density at radius 1 is 1.33 bits per heavy atom. The maximum Gasteiger partial charge on any atom is 0.237 e. The van der Waals surface area contributed by atoms with E-state index in [4.69, 9.17) is 10.5 Å². The molecule has 5 nitrogen and oxygen atoms in total. The van der Waals surface area contributed by atoms with Gasteiger partial charge in [-0.3, -0.25) is 4.79 Å². The third kappa shape index (κ3) is 6.28. The number of amides is 1. The number of likely N-dealkylation sites (N-methyl/N-ethyl adjacent to an activating group) is 1. The molecule has 2 fully saturated rings. The minimum atomic E-state index is -0.374. The van der Waals surface area contributed by atoms with Crippen molar-refractivity contribution in [1.29, 1.82) is 0 Å². The predicted molar refractivity (Wildman–Crippen MR) is 89.3 cm³/mol. The molecule has 2 heterocycles. The fraction of sp³-hybridized carbons (Fsp3) is 0.929. The largest absolute Gasteiger partial charge is 0.381 e. The lowest BCUT2D eigenvalue weighted by molar-refractivity contribution is -0.125. The molecule has 2 saturated heterocycles. The zero-order valence-electron chi connectivity index (χ0n) is 12.8. The smallest absolute Gasteiger partial charge is 0.237 e.